The molecule has 29 heavy (non-hydrogen) atoms. The van der Waals surface area contributed by atoms with Crippen molar-refractivity contribution in [2.75, 3.05) is 46.4 Å². The first-order valence-corrected chi connectivity index (χ1v) is 10.5. The SMILES string of the molecule is COC(=O)C1CCN(C[C@H]2OCCN(C(=O)O)C[C@H]2c2ccc(Cl)c(Cl)c2)CC1. The van der Waals surface area contributed by atoms with Crippen LogP contribution in [0, 0.1) is 5.92 Å². The monoisotopic (exact) mass is 444 g/mol. The Morgan fingerprint density at radius 2 is 1.93 bits per heavy atom. The molecule has 1 aromatic rings. The van der Waals surface area contributed by atoms with Crippen molar-refractivity contribution in [3.63, 3.8) is 0 Å². The van der Waals surface area contributed by atoms with Gasteiger partial charge in [0.05, 0.1) is 35.8 Å². The maximum Gasteiger partial charge on any atom is 0.407 e. The molecular weight excluding hydrogens is 419 g/mol. The van der Waals surface area contributed by atoms with E-state index in [0.717, 1.165) is 31.5 Å². The molecule has 0 aromatic heterocycles. The zero-order valence-electron chi connectivity index (χ0n) is 16.4. The number of hydrogen-bond donors (Lipinski definition) is 1. The maximum atomic E-state index is 11.8. The number of piperidine rings is 1. The van der Waals surface area contributed by atoms with Crippen molar-refractivity contribution >= 4 is 35.3 Å². The minimum Gasteiger partial charge on any atom is -0.469 e. The number of benzene rings is 1. The normalized spacial score (nSPS) is 24.2. The molecule has 9 heteroatoms. The molecule has 0 saturated carbocycles. The van der Waals surface area contributed by atoms with Gasteiger partial charge < -0.3 is 24.4 Å². The first-order chi connectivity index (χ1) is 13.9. The van der Waals surface area contributed by atoms with Crippen LogP contribution in [0.15, 0.2) is 18.2 Å². The molecule has 1 amide bonds. The second-order valence-electron chi connectivity index (χ2n) is 7.52. The average molecular weight is 445 g/mol. The van der Waals surface area contributed by atoms with E-state index in [1.165, 1.54) is 12.0 Å². The van der Waals surface area contributed by atoms with Gasteiger partial charge in [0.2, 0.25) is 0 Å². The molecule has 0 radical (unpaired) electrons. The van der Waals surface area contributed by atoms with Crippen molar-refractivity contribution in [1.82, 2.24) is 9.80 Å². The van der Waals surface area contributed by atoms with Crippen molar-refractivity contribution < 1.29 is 24.2 Å². The number of ether oxygens (including phenoxy) is 2. The highest BCUT2D eigenvalue weighted by Gasteiger charge is 2.34. The Labute approximate surface area is 180 Å². The first-order valence-electron chi connectivity index (χ1n) is 9.73. The maximum absolute atomic E-state index is 11.8. The fourth-order valence-corrected chi connectivity index (χ4v) is 4.37. The van der Waals surface area contributed by atoms with Crippen LogP contribution in [0.5, 0.6) is 0 Å². The highest BCUT2D eigenvalue weighted by Crippen LogP contribution is 2.32. The third kappa shape index (κ3) is 5.54. The predicted octanol–water partition coefficient (Wildman–Crippen LogP) is 3.34. The van der Waals surface area contributed by atoms with Crippen molar-refractivity contribution in [1.29, 1.82) is 0 Å². The third-order valence-corrected chi connectivity index (χ3v) is 6.50. The number of amides is 1. The van der Waals surface area contributed by atoms with E-state index in [4.69, 9.17) is 32.7 Å². The summed E-state index contributed by atoms with van der Waals surface area (Å²) in [5.41, 5.74) is 0.905. The summed E-state index contributed by atoms with van der Waals surface area (Å²) >= 11 is 12.3. The second-order valence-corrected chi connectivity index (χ2v) is 8.33. The van der Waals surface area contributed by atoms with Gasteiger partial charge in [0.1, 0.15) is 0 Å². The molecule has 2 heterocycles. The number of carboxylic acid groups (broad SMARTS) is 1. The molecule has 2 fully saturated rings. The molecule has 0 aliphatic carbocycles. The van der Waals surface area contributed by atoms with Crippen LogP contribution in [0.25, 0.3) is 0 Å². The number of carbonyl (C=O) groups is 2. The minimum atomic E-state index is -0.960. The zero-order chi connectivity index (χ0) is 21.0. The number of hydrogen-bond acceptors (Lipinski definition) is 5. The average Bonchev–Trinajstić information content (AvgIpc) is 2.93. The molecule has 2 aliphatic heterocycles. The van der Waals surface area contributed by atoms with Gasteiger partial charge in [-0.05, 0) is 43.6 Å². The summed E-state index contributed by atoms with van der Waals surface area (Å²) in [5.74, 6) is -0.373. The van der Waals surface area contributed by atoms with Crippen LogP contribution in [-0.2, 0) is 14.3 Å². The summed E-state index contributed by atoms with van der Waals surface area (Å²) in [7, 11) is 1.42. The van der Waals surface area contributed by atoms with Crippen LogP contribution < -0.4 is 0 Å². The number of carbonyl (C=O) groups excluding carboxylic acids is 1. The molecule has 2 atom stereocenters. The Bertz CT molecular complexity index is 740. The third-order valence-electron chi connectivity index (χ3n) is 5.76. The first kappa shape index (κ1) is 22.2. The molecule has 0 unspecified atom stereocenters. The summed E-state index contributed by atoms with van der Waals surface area (Å²) in [6.45, 7) is 3.21. The molecule has 1 aromatic carbocycles. The standard InChI is InChI=1S/C20H26Cl2N2O5/c1-28-19(25)13-4-6-23(7-5-13)12-18-15(11-24(20(26)27)8-9-29-18)14-2-3-16(21)17(22)10-14/h2-3,10,13,15,18H,4-9,11-12H2,1H3,(H,26,27)/t15-,18+/m0/s1. The van der Waals surface area contributed by atoms with Gasteiger partial charge in [-0.3, -0.25) is 4.79 Å². The Hall–Kier alpha value is -1.54. The van der Waals surface area contributed by atoms with E-state index in [0.29, 0.717) is 36.3 Å². The lowest BCUT2D eigenvalue weighted by molar-refractivity contribution is -0.147. The fourth-order valence-electron chi connectivity index (χ4n) is 4.07. The summed E-state index contributed by atoms with van der Waals surface area (Å²) in [6, 6.07) is 5.40. The molecule has 2 saturated heterocycles. The largest absolute Gasteiger partial charge is 0.469 e. The van der Waals surface area contributed by atoms with Crippen molar-refractivity contribution in [2.45, 2.75) is 24.9 Å². The smallest absolute Gasteiger partial charge is 0.407 e. The topological polar surface area (TPSA) is 79.3 Å². The van der Waals surface area contributed by atoms with Crippen LogP contribution in [0.1, 0.15) is 24.3 Å². The lowest BCUT2D eigenvalue weighted by atomic mass is 9.91. The number of halogens is 2. The molecule has 160 valence electrons. The molecule has 7 nitrogen and oxygen atoms in total. The van der Waals surface area contributed by atoms with Gasteiger partial charge in [0.25, 0.3) is 0 Å². The van der Waals surface area contributed by atoms with Crippen molar-refractivity contribution in [2.24, 2.45) is 5.92 Å². The molecular formula is C20H26Cl2N2O5. The van der Waals surface area contributed by atoms with E-state index in [1.54, 1.807) is 12.1 Å². The van der Waals surface area contributed by atoms with Crippen molar-refractivity contribution in [3.8, 4) is 0 Å². The summed E-state index contributed by atoms with van der Waals surface area (Å²) < 4.78 is 11.0. The Morgan fingerprint density at radius 3 is 2.55 bits per heavy atom. The highest BCUT2D eigenvalue weighted by molar-refractivity contribution is 6.42. The Kier molecular flexibility index (Phi) is 7.62. The van der Waals surface area contributed by atoms with Crippen molar-refractivity contribution in [3.05, 3.63) is 33.8 Å². The summed E-state index contributed by atoms with van der Waals surface area (Å²) in [6.07, 6.45) is 0.348. The van der Waals surface area contributed by atoms with Gasteiger partial charge in [-0.25, -0.2) is 4.79 Å². The minimum absolute atomic E-state index is 0.0559. The second kappa shape index (κ2) is 9.98. The van der Waals surface area contributed by atoms with Gasteiger partial charge in [0.15, 0.2) is 0 Å². The lowest BCUT2D eigenvalue weighted by Crippen LogP contribution is -2.44. The van der Waals surface area contributed by atoms with E-state index >= 15 is 0 Å². The molecule has 0 bridgehead atoms. The molecule has 1 N–H and O–H groups in total. The lowest BCUT2D eigenvalue weighted by Gasteiger charge is -2.35. The number of esters is 1. The van der Waals surface area contributed by atoms with E-state index in [9.17, 15) is 14.7 Å². The highest BCUT2D eigenvalue weighted by atomic mass is 35.5. The Morgan fingerprint density at radius 1 is 1.21 bits per heavy atom. The van der Waals surface area contributed by atoms with Gasteiger partial charge in [-0.15, -0.1) is 0 Å². The Balaban J connectivity index is 1.74. The van der Waals surface area contributed by atoms with Gasteiger partial charge in [-0.1, -0.05) is 29.3 Å². The van der Waals surface area contributed by atoms with Crippen LogP contribution >= 0.6 is 23.2 Å². The zero-order valence-corrected chi connectivity index (χ0v) is 17.9. The van der Waals surface area contributed by atoms with E-state index < -0.39 is 6.09 Å². The van der Waals surface area contributed by atoms with Gasteiger partial charge in [-0.2, -0.15) is 0 Å². The van der Waals surface area contributed by atoms with E-state index in [-0.39, 0.29) is 23.9 Å². The number of nitrogens with zero attached hydrogens (tertiary/aromatic N) is 2. The number of methoxy groups -OCH3 is 1. The number of rotatable bonds is 4. The number of likely N-dealkylation sites (tertiary alicyclic amines) is 1. The van der Waals surface area contributed by atoms with Crippen LogP contribution in [0.2, 0.25) is 10.0 Å². The summed E-state index contributed by atoms with van der Waals surface area (Å²) in [5, 5.41) is 10.4. The summed E-state index contributed by atoms with van der Waals surface area (Å²) in [4.78, 5) is 27.0. The molecule has 3 rings (SSSR count). The van der Waals surface area contributed by atoms with E-state index in [1.807, 2.05) is 6.07 Å². The molecule has 2 aliphatic rings. The van der Waals surface area contributed by atoms with Gasteiger partial charge >= 0.3 is 12.1 Å². The van der Waals surface area contributed by atoms with Crippen LogP contribution in [-0.4, -0.2) is 79.5 Å². The predicted molar refractivity (Wildman–Crippen MR) is 110 cm³/mol. The van der Waals surface area contributed by atoms with Crippen LogP contribution in [0.3, 0.4) is 0 Å². The fraction of sp³-hybridized carbons (Fsp3) is 0.600. The quantitative estimate of drug-likeness (QED) is 0.717. The van der Waals surface area contributed by atoms with E-state index in [2.05, 4.69) is 4.90 Å². The van der Waals surface area contributed by atoms with Gasteiger partial charge in [0, 0.05) is 25.6 Å². The van der Waals surface area contributed by atoms with Crippen LogP contribution in [0.4, 0.5) is 4.79 Å². The molecule has 0 spiro atoms.